The van der Waals surface area contributed by atoms with Crippen molar-refractivity contribution in [2.45, 2.75) is 19.8 Å². The molecule has 1 aromatic heterocycles. The van der Waals surface area contributed by atoms with Crippen molar-refractivity contribution < 1.29 is 22.6 Å². The molecule has 0 aliphatic rings. The second-order valence-electron chi connectivity index (χ2n) is 3.00. The van der Waals surface area contributed by atoms with Crippen molar-refractivity contribution in [3.63, 3.8) is 0 Å². The summed E-state index contributed by atoms with van der Waals surface area (Å²) in [6.45, 7) is 1.76. The number of aromatic nitrogens is 1. The predicted molar refractivity (Wildman–Crippen MR) is 50.1 cm³/mol. The molecule has 1 rings (SSSR count). The average Bonchev–Trinajstić information content (AvgIpc) is 2.16. The van der Waals surface area contributed by atoms with Gasteiger partial charge in [-0.05, 0) is 12.5 Å². The molecule has 4 nitrogen and oxygen atoms in total. The van der Waals surface area contributed by atoms with Crippen molar-refractivity contribution in [1.29, 1.82) is 0 Å². The molecule has 0 aromatic carbocycles. The molecule has 0 bridgehead atoms. The number of nitrogens with zero attached hydrogens (tertiary/aromatic N) is 1. The first-order valence-corrected chi connectivity index (χ1v) is 4.37. The number of hydrogen-bond acceptors (Lipinski definition) is 4. The summed E-state index contributed by atoms with van der Waals surface area (Å²) >= 11 is 0. The van der Waals surface area contributed by atoms with Gasteiger partial charge in [-0.3, -0.25) is 0 Å². The van der Waals surface area contributed by atoms with Crippen LogP contribution >= 0.6 is 0 Å². The molecule has 0 spiro atoms. The third kappa shape index (κ3) is 2.75. The highest BCUT2D eigenvalue weighted by molar-refractivity contribution is 5.45. The number of hydrogen-bond donors (Lipinski definition) is 1. The highest BCUT2D eigenvalue weighted by atomic mass is 19.4. The van der Waals surface area contributed by atoms with Gasteiger partial charge in [0.1, 0.15) is 0 Å². The van der Waals surface area contributed by atoms with Crippen molar-refractivity contribution in [1.82, 2.24) is 4.98 Å². The van der Waals surface area contributed by atoms with Gasteiger partial charge in [0.15, 0.2) is 5.75 Å². The standard InChI is InChI=1S/C9H11F3N2O2/c1-5-6(3-13)4-14-8(7(5)15-2)16-9(10,11)12/h4H,3,13H2,1-2H3. The van der Waals surface area contributed by atoms with Crippen LogP contribution in [0.1, 0.15) is 11.1 Å². The molecular weight excluding hydrogens is 225 g/mol. The first-order valence-electron chi connectivity index (χ1n) is 4.37. The van der Waals surface area contributed by atoms with Crippen molar-refractivity contribution in [2.24, 2.45) is 5.73 Å². The summed E-state index contributed by atoms with van der Waals surface area (Å²) in [5.74, 6) is -0.662. The van der Waals surface area contributed by atoms with E-state index in [4.69, 9.17) is 10.5 Å². The van der Waals surface area contributed by atoms with Gasteiger partial charge in [0.05, 0.1) is 7.11 Å². The molecule has 0 aliphatic heterocycles. The lowest BCUT2D eigenvalue weighted by Gasteiger charge is -2.14. The smallest absolute Gasteiger partial charge is 0.491 e. The second-order valence-corrected chi connectivity index (χ2v) is 3.00. The third-order valence-electron chi connectivity index (χ3n) is 1.99. The van der Waals surface area contributed by atoms with Crippen LogP contribution in [0.15, 0.2) is 6.20 Å². The number of methoxy groups -OCH3 is 1. The molecule has 0 radical (unpaired) electrons. The van der Waals surface area contributed by atoms with Crippen LogP contribution in [0.5, 0.6) is 11.6 Å². The molecule has 0 unspecified atom stereocenters. The SMILES string of the molecule is COc1c(OC(F)(F)F)ncc(CN)c1C. The Hall–Kier alpha value is -1.50. The lowest BCUT2D eigenvalue weighted by Crippen LogP contribution is -2.19. The summed E-state index contributed by atoms with van der Waals surface area (Å²) in [4.78, 5) is 3.52. The topological polar surface area (TPSA) is 57.4 Å². The van der Waals surface area contributed by atoms with Gasteiger partial charge in [0, 0.05) is 18.3 Å². The van der Waals surface area contributed by atoms with Crippen LogP contribution in [-0.2, 0) is 6.54 Å². The number of alkyl halides is 3. The number of ether oxygens (including phenoxy) is 2. The summed E-state index contributed by atoms with van der Waals surface area (Å²) in [5.41, 5.74) is 6.48. The van der Waals surface area contributed by atoms with Crippen molar-refractivity contribution >= 4 is 0 Å². The molecule has 0 saturated carbocycles. The van der Waals surface area contributed by atoms with Crippen LogP contribution in [0.25, 0.3) is 0 Å². The molecule has 0 atom stereocenters. The fourth-order valence-corrected chi connectivity index (χ4v) is 1.23. The minimum atomic E-state index is -4.79. The zero-order valence-corrected chi connectivity index (χ0v) is 8.76. The van der Waals surface area contributed by atoms with Gasteiger partial charge in [-0.2, -0.15) is 0 Å². The fourth-order valence-electron chi connectivity index (χ4n) is 1.23. The number of pyridine rings is 1. The van der Waals surface area contributed by atoms with Crippen LogP contribution in [-0.4, -0.2) is 18.5 Å². The maximum Gasteiger partial charge on any atom is 0.574 e. The van der Waals surface area contributed by atoms with Crippen LogP contribution < -0.4 is 15.2 Å². The van der Waals surface area contributed by atoms with Gasteiger partial charge in [0.2, 0.25) is 0 Å². The minimum Gasteiger partial charge on any atom is -0.491 e. The summed E-state index contributed by atoms with van der Waals surface area (Å²) < 4.78 is 44.6. The minimum absolute atomic E-state index is 0.0553. The Bertz CT molecular complexity index is 380. The van der Waals surface area contributed by atoms with E-state index in [1.807, 2.05) is 0 Å². The number of halogens is 3. The molecule has 0 saturated heterocycles. The van der Waals surface area contributed by atoms with E-state index in [2.05, 4.69) is 9.72 Å². The first kappa shape index (κ1) is 12.6. The van der Waals surface area contributed by atoms with Crippen molar-refractivity contribution in [3.05, 3.63) is 17.3 Å². The summed E-state index contributed by atoms with van der Waals surface area (Å²) in [6.07, 6.45) is -3.56. The molecule has 1 heterocycles. The normalized spacial score (nSPS) is 11.4. The van der Waals surface area contributed by atoms with E-state index in [0.29, 0.717) is 11.1 Å². The van der Waals surface area contributed by atoms with Crippen LogP contribution in [0, 0.1) is 6.92 Å². The van der Waals surface area contributed by atoms with Gasteiger partial charge in [-0.25, -0.2) is 4.98 Å². The van der Waals surface area contributed by atoms with E-state index in [0.717, 1.165) is 0 Å². The maximum absolute atomic E-state index is 12.0. The second kappa shape index (κ2) is 4.56. The summed E-state index contributed by atoms with van der Waals surface area (Å²) in [6, 6.07) is 0. The molecule has 0 aliphatic carbocycles. The maximum atomic E-state index is 12.0. The monoisotopic (exact) mass is 236 g/mol. The van der Waals surface area contributed by atoms with Gasteiger partial charge in [-0.15, -0.1) is 13.2 Å². The highest BCUT2D eigenvalue weighted by Crippen LogP contribution is 2.33. The Balaban J connectivity index is 3.16. The van der Waals surface area contributed by atoms with E-state index in [9.17, 15) is 13.2 Å². The Kier molecular flexibility index (Phi) is 3.58. The van der Waals surface area contributed by atoms with E-state index in [1.165, 1.54) is 13.3 Å². The Morgan fingerprint density at radius 3 is 2.50 bits per heavy atom. The van der Waals surface area contributed by atoms with E-state index >= 15 is 0 Å². The van der Waals surface area contributed by atoms with Crippen molar-refractivity contribution in [3.8, 4) is 11.6 Å². The summed E-state index contributed by atoms with van der Waals surface area (Å²) in [7, 11) is 1.24. The van der Waals surface area contributed by atoms with Gasteiger partial charge < -0.3 is 15.2 Å². The largest absolute Gasteiger partial charge is 0.574 e. The molecule has 90 valence electrons. The van der Waals surface area contributed by atoms with Crippen LogP contribution in [0.4, 0.5) is 13.2 Å². The van der Waals surface area contributed by atoms with E-state index < -0.39 is 12.2 Å². The molecule has 7 heteroatoms. The molecule has 0 amide bonds. The van der Waals surface area contributed by atoms with Gasteiger partial charge >= 0.3 is 6.36 Å². The van der Waals surface area contributed by atoms with Crippen LogP contribution in [0.2, 0.25) is 0 Å². The van der Waals surface area contributed by atoms with Gasteiger partial charge in [-0.1, -0.05) is 0 Å². The number of nitrogens with two attached hydrogens (primary N) is 1. The summed E-state index contributed by atoms with van der Waals surface area (Å²) in [5, 5.41) is 0. The lowest BCUT2D eigenvalue weighted by molar-refractivity contribution is -0.276. The quantitative estimate of drug-likeness (QED) is 0.868. The van der Waals surface area contributed by atoms with Crippen LogP contribution in [0.3, 0.4) is 0 Å². The molecular formula is C9H11F3N2O2. The first-order chi connectivity index (χ1) is 7.39. The lowest BCUT2D eigenvalue weighted by atomic mass is 10.1. The molecule has 16 heavy (non-hydrogen) atoms. The predicted octanol–water partition coefficient (Wildman–Crippen LogP) is 1.76. The van der Waals surface area contributed by atoms with Crippen molar-refractivity contribution in [2.75, 3.05) is 7.11 Å². The zero-order valence-electron chi connectivity index (χ0n) is 8.76. The van der Waals surface area contributed by atoms with Gasteiger partial charge in [0.25, 0.3) is 5.88 Å². The highest BCUT2D eigenvalue weighted by Gasteiger charge is 2.33. The molecule has 0 fully saturated rings. The molecule has 1 aromatic rings. The van der Waals surface area contributed by atoms with E-state index in [-0.39, 0.29) is 12.3 Å². The Labute approximate surface area is 90.2 Å². The number of rotatable bonds is 3. The fraction of sp³-hybridized carbons (Fsp3) is 0.444. The third-order valence-corrected chi connectivity index (χ3v) is 1.99. The Morgan fingerprint density at radius 2 is 2.06 bits per heavy atom. The van der Waals surface area contributed by atoms with E-state index in [1.54, 1.807) is 6.92 Å². The molecule has 2 N–H and O–H groups in total. The zero-order chi connectivity index (χ0) is 12.3. The average molecular weight is 236 g/mol. The Morgan fingerprint density at radius 1 is 1.44 bits per heavy atom.